The van der Waals surface area contributed by atoms with Crippen LogP contribution in [-0.2, 0) is 19.0 Å². The van der Waals surface area contributed by atoms with E-state index < -0.39 is 29.3 Å². The highest BCUT2D eigenvalue weighted by Gasteiger charge is 2.31. The van der Waals surface area contributed by atoms with E-state index in [1.54, 1.807) is 41.5 Å². The molecule has 1 rings (SSSR count). The fourth-order valence-corrected chi connectivity index (χ4v) is 1.66. The van der Waals surface area contributed by atoms with E-state index in [0.717, 1.165) is 0 Å². The SMILES string of the molecule is CC(C)(C)OC(=O)N[C@@H](CC[C@@H]1CO1)C(=O)OC(C)(C)C. The molecule has 0 unspecified atom stereocenters. The molecule has 1 N–H and O–H groups in total. The van der Waals surface area contributed by atoms with Crippen LogP contribution in [0.15, 0.2) is 0 Å². The maximum absolute atomic E-state index is 12.2. The lowest BCUT2D eigenvalue weighted by Crippen LogP contribution is -2.46. The Balaban J connectivity index is 2.57. The number of amides is 1. The van der Waals surface area contributed by atoms with Crippen molar-refractivity contribution in [1.29, 1.82) is 0 Å². The minimum absolute atomic E-state index is 0.190. The first-order valence-electron chi connectivity index (χ1n) is 7.30. The van der Waals surface area contributed by atoms with Gasteiger partial charge >= 0.3 is 12.1 Å². The van der Waals surface area contributed by atoms with Gasteiger partial charge in [0.25, 0.3) is 0 Å². The molecule has 0 spiro atoms. The maximum Gasteiger partial charge on any atom is 0.408 e. The van der Waals surface area contributed by atoms with Gasteiger partial charge in [0, 0.05) is 0 Å². The van der Waals surface area contributed by atoms with E-state index in [4.69, 9.17) is 14.2 Å². The van der Waals surface area contributed by atoms with Crippen molar-refractivity contribution in [1.82, 2.24) is 5.32 Å². The minimum Gasteiger partial charge on any atom is -0.458 e. The van der Waals surface area contributed by atoms with Gasteiger partial charge in [-0.3, -0.25) is 0 Å². The fourth-order valence-electron chi connectivity index (χ4n) is 1.66. The third kappa shape index (κ3) is 8.55. The van der Waals surface area contributed by atoms with Crippen molar-refractivity contribution in [2.75, 3.05) is 6.61 Å². The van der Waals surface area contributed by atoms with Crippen LogP contribution in [0.1, 0.15) is 54.4 Å². The van der Waals surface area contributed by atoms with Crippen LogP contribution in [0, 0.1) is 0 Å². The highest BCUT2D eigenvalue weighted by molar-refractivity contribution is 5.81. The molecular formula is C15H27NO5. The van der Waals surface area contributed by atoms with E-state index in [1.807, 2.05) is 0 Å². The van der Waals surface area contributed by atoms with Crippen LogP contribution in [0.3, 0.4) is 0 Å². The molecule has 1 aliphatic rings. The molecule has 1 heterocycles. The van der Waals surface area contributed by atoms with Crippen molar-refractivity contribution < 1.29 is 23.8 Å². The van der Waals surface area contributed by atoms with Gasteiger partial charge in [0.15, 0.2) is 0 Å². The monoisotopic (exact) mass is 301 g/mol. The lowest BCUT2D eigenvalue weighted by molar-refractivity contribution is -0.157. The first kappa shape index (κ1) is 17.8. The molecule has 6 nitrogen and oxygen atoms in total. The van der Waals surface area contributed by atoms with Crippen molar-refractivity contribution in [3.63, 3.8) is 0 Å². The van der Waals surface area contributed by atoms with Gasteiger partial charge < -0.3 is 19.5 Å². The molecule has 1 fully saturated rings. The maximum atomic E-state index is 12.2. The molecule has 0 aliphatic carbocycles. The third-order valence-corrected chi connectivity index (χ3v) is 2.56. The highest BCUT2D eigenvalue weighted by atomic mass is 16.6. The smallest absolute Gasteiger partial charge is 0.408 e. The summed E-state index contributed by atoms with van der Waals surface area (Å²) in [7, 11) is 0. The number of carbonyl (C=O) groups excluding carboxylic acids is 2. The molecule has 2 atom stereocenters. The van der Waals surface area contributed by atoms with Crippen LogP contribution in [0.25, 0.3) is 0 Å². The Kier molecular flexibility index (Phi) is 5.61. The Morgan fingerprint density at radius 2 is 1.67 bits per heavy atom. The van der Waals surface area contributed by atoms with E-state index in [2.05, 4.69) is 5.32 Å². The number of hydrogen-bond donors (Lipinski definition) is 1. The minimum atomic E-state index is -0.719. The van der Waals surface area contributed by atoms with E-state index in [0.29, 0.717) is 19.4 Å². The Morgan fingerprint density at radius 3 is 2.10 bits per heavy atom. The van der Waals surface area contributed by atoms with E-state index in [1.165, 1.54) is 0 Å². The molecule has 0 aromatic heterocycles. The van der Waals surface area contributed by atoms with E-state index in [-0.39, 0.29) is 6.10 Å². The fraction of sp³-hybridized carbons (Fsp3) is 0.867. The number of carbonyl (C=O) groups is 2. The number of alkyl carbamates (subject to hydrolysis) is 1. The Bertz CT molecular complexity index is 377. The Hall–Kier alpha value is -1.30. The Labute approximate surface area is 126 Å². The van der Waals surface area contributed by atoms with Gasteiger partial charge in [0.05, 0.1) is 12.7 Å². The van der Waals surface area contributed by atoms with Crippen molar-refractivity contribution >= 4 is 12.1 Å². The number of nitrogens with one attached hydrogen (secondary N) is 1. The van der Waals surface area contributed by atoms with Crippen LogP contribution >= 0.6 is 0 Å². The summed E-state index contributed by atoms with van der Waals surface area (Å²) < 4.78 is 15.6. The first-order chi connectivity index (χ1) is 9.46. The van der Waals surface area contributed by atoms with Crippen LogP contribution in [0.4, 0.5) is 4.79 Å². The molecular weight excluding hydrogens is 274 g/mol. The second kappa shape index (κ2) is 6.64. The zero-order valence-corrected chi connectivity index (χ0v) is 13.8. The zero-order chi connectivity index (χ0) is 16.3. The molecule has 122 valence electrons. The van der Waals surface area contributed by atoms with Gasteiger partial charge in [0.2, 0.25) is 0 Å². The number of epoxide rings is 1. The molecule has 1 aliphatic heterocycles. The van der Waals surface area contributed by atoms with Crippen molar-refractivity contribution in [2.45, 2.75) is 77.7 Å². The molecule has 0 aromatic carbocycles. The van der Waals surface area contributed by atoms with Gasteiger partial charge in [-0.25, -0.2) is 9.59 Å². The summed E-state index contributed by atoms with van der Waals surface area (Å²) in [6.45, 7) is 11.4. The second-order valence-corrected chi connectivity index (χ2v) is 7.26. The van der Waals surface area contributed by atoms with Gasteiger partial charge in [-0.1, -0.05) is 0 Å². The van der Waals surface area contributed by atoms with Gasteiger partial charge in [0.1, 0.15) is 17.2 Å². The van der Waals surface area contributed by atoms with Gasteiger partial charge in [-0.15, -0.1) is 0 Å². The summed E-state index contributed by atoms with van der Waals surface area (Å²) in [5, 5.41) is 2.59. The van der Waals surface area contributed by atoms with Crippen molar-refractivity contribution in [3.05, 3.63) is 0 Å². The van der Waals surface area contributed by atoms with E-state index >= 15 is 0 Å². The highest BCUT2D eigenvalue weighted by Crippen LogP contribution is 2.19. The van der Waals surface area contributed by atoms with Crippen LogP contribution < -0.4 is 5.32 Å². The molecule has 1 amide bonds. The number of hydrogen-bond acceptors (Lipinski definition) is 5. The largest absolute Gasteiger partial charge is 0.458 e. The normalized spacial score (nSPS) is 19.6. The molecule has 6 heteroatoms. The topological polar surface area (TPSA) is 77.2 Å². The molecule has 0 aromatic rings. The number of esters is 1. The summed E-state index contributed by atoms with van der Waals surface area (Å²) in [6, 6.07) is -0.719. The van der Waals surface area contributed by atoms with Crippen molar-refractivity contribution in [3.8, 4) is 0 Å². The van der Waals surface area contributed by atoms with Crippen LogP contribution in [0.2, 0.25) is 0 Å². The lowest BCUT2D eigenvalue weighted by Gasteiger charge is -2.26. The summed E-state index contributed by atoms with van der Waals surface area (Å²) in [5.41, 5.74) is -1.21. The third-order valence-electron chi connectivity index (χ3n) is 2.56. The van der Waals surface area contributed by atoms with Gasteiger partial charge in [-0.2, -0.15) is 0 Å². The van der Waals surface area contributed by atoms with Crippen LogP contribution in [-0.4, -0.2) is 42.0 Å². The molecule has 0 bridgehead atoms. The predicted octanol–water partition coefficient (Wildman–Crippen LogP) is 2.40. The molecule has 1 saturated heterocycles. The standard InChI is InChI=1S/C15H27NO5/c1-14(2,3)20-12(17)11(8-7-10-9-19-10)16-13(18)21-15(4,5)6/h10-11H,7-9H2,1-6H3,(H,16,18)/t10-,11+/m1/s1. The summed E-state index contributed by atoms with van der Waals surface area (Å²) in [6.07, 6.45) is 0.754. The first-order valence-corrected chi connectivity index (χ1v) is 7.30. The second-order valence-electron chi connectivity index (χ2n) is 7.26. The Morgan fingerprint density at radius 1 is 1.14 bits per heavy atom. The summed E-state index contributed by atoms with van der Waals surface area (Å²) in [4.78, 5) is 24.0. The number of ether oxygens (including phenoxy) is 3. The average Bonchev–Trinajstić information content (AvgIpc) is 3.02. The average molecular weight is 301 g/mol. The molecule has 0 saturated carbocycles. The summed E-state index contributed by atoms with van der Waals surface area (Å²) in [5.74, 6) is -0.450. The predicted molar refractivity (Wildman–Crippen MR) is 78.0 cm³/mol. The lowest BCUT2D eigenvalue weighted by atomic mass is 10.1. The quantitative estimate of drug-likeness (QED) is 0.623. The van der Waals surface area contributed by atoms with Crippen molar-refractivity contribution in [2.24, 2.45) is 0 Å². The number of rotatable bonds is 5. The van der Waals surface area contributed by atoms with E-state index in [9.17, 15) is 9.59 Å². The van der Waals surface area contributed by atoms with Gasteiger partial charge in [-0.05, 0) is 54.4 Å². The zero-order valence-electron chi connectivity index (χ0n) is 13.8. The molecule has 0 radical (unpaired) electrons. The van der Waals surface area contributed by atoms with Crippen LogP contribution in [0.5, 0.6) is 0 Å². The summed E-state index contributed by atoms with van der Waals surface area (Å²) >= 11 is 0. The molecule has 21 heavy (non-hydrogen) atoms.